The van der Waals surface area contributed by atoms with Gasteiger partial charge in [0.25, 0.3) is 5.91 Å². The zero-order valence-corrected chi connectivity index (χ0v) is 14.4. The lowest BCUT2D eigenvalue weighted by Crippen LogP contribution is -2.54. The van der Waals surface area contributed by atoms with E-state index in [-0.39, 0.29) is 18.1 Å². The summed E-state index contributed by atoms with van der Waals surface area (Å²) in [7, 11) is 0. The third-order valence-corrected chi connectivity index (χ3v) is 5.32. The molecule has 1 saturated heterocycles. The molecule has 1 aromatic carbocycles. The second-order valence-electron chi connectivity index (χ2n) is 6.60. The fraction of sp³-hybridized carbons (Fsp3) is 0.611. The number of nitrogens with zero attached hydrogens (tertiary/aromatic N) is 1. The molecule has 2 aliphatic heterocycles. The van der Waals surface area contributed by atoms with Crippen molar-refractivity contribution in [2.24, 2.45) is 0 Å². The van der Waals surface area contributed by atoms with Gasteiger partial charge in [0.05, 0.1) is 37.0 Å². The van der Waals surface area contributed by atoms with Crippen LogP contribution >= 0.6 is 11.6 Å². The summed E-state index contributed by atoms with van der Waals surface area (Å²) in [6.45, 7) is 2.38. The van der Waals surface area contributed by atoms with Crippen LogP contribution in [-0.4, -0.2) is 49.3 Å². The van der Waals surface area contributed by atoms with E-state index in [2.05, 4.69) is 0 Å². The number of hydrogen-bond acceptors (Lipinski definition) is 4. The number of hydrogen-bond donors (Lipinski definition) is 0. The zero-order chi connectivity index (χ0) is 16.5. The lowest BCUT2D eigenvalue weighted by Gasteiger charge is -2.43. The van der Waals surface area contributed by atoms with Gasteiger partial charge in [0.1, 0.15) is 0 Å². The predicted molar refractivity (Wildman–Crippen MR) is 90.1 cm³/mol. The third-order valence-electron chi connectivity index (χ3n) is 5.04. The van der Waals surface area contributed by atoms with E-state index >= 15 is 0 Å². The molecule has 4 rings (SSSR count). The minimum atomic E-state index is 0.00717. The molecule has 1 amide bonds. The van der Waals surface area contributed by atoms with E-state index < -0.39 is 0 Å². The molecule has 0 N–H and O–H groups in total. The van der Waals surface area contributed by atoms with E-state index in [1.807, 2.05) is 4.90 Å². The molecule has 130 valence electrons. The van der Waals surface area contributed by atoms with Gasteiger partial charge in [-0.05, 0) is 25.0 Å². The number of halogens is 1. The van der Waals surface area contributed by atoms with Gasteiger partial charge in [-0.2, -0.15) is 0 Å². The Balaban J connectivity index is 1.62. The number of carbonyl (C=O) groups is 1. The molecule has 2 atom stereocenters. The third kappa shape index (κ3) is 2.95. The van der Waals surface area contributed by atoms with Gasteiger partial charge in [-0.3, -0.25) is 4.79 Å². The first-order valence-electron chi connectivity index (χ1n) is 8.76. The molecule has 0 aromatic heterocycles. The van der Waals surface area contributed by atoms with Gasteiger partial charge >= 0.3 is 0 Å². The molecule has 2 heterocycles. The molecule has 3 aliphatic rings. The number of ether oxygens (including phenoxy) is 3. The Morgan fingerprint density at radius 2 is 1.92 bits per heavy atom. The lowest BCUT2D eigenvalue weighted by atomic mass is 9.89. The molecule has 1 aliphatic carbocycles. The number of rotatable bonds is 1. The Bertz CT molecular complexity index is 634. The number of amides is 1. The van der Waals surface area contributed by atoms with Gasteiger partial charge in [0.2, 0.25) is 0 Å². The number of morpholine rings is 1. The maximum atomic E-state index is 13.1. The fourth-order valence-electron chi connectivity index (χ4n) is 3.87. The van der Waals surface area contributed by atoms with E-state index in [4.69, 9.17) is 25.8 Å². The van der Waals surface area contributed by atoms with Gasteiger partial charge in [0, 0.05) is 18.5 Å². The summed E-state index contributed by atoms with van der Waals surface area (Å²) >= 11 is 6.34. The van der Waals surface area contributed by atoms with Crippen LogP contribution in [0, 0.1) is 0 Å². The Hall–Kier alpha value is -1.46. The normalized spacial score (nSPS) is 26.5. The molecule has 0 unspecified atom stereocenters. The highest BCUT2D eigenvalue weighted by Crippen LogP contribution is 2.39. The molecule has 1 aromatic rings. The summed E-state index contributed by atoms with van der Waals surface area (Å²) < 4.78 is 17.2. The fourth-order valence-corrected chi connectivity index (χ4v) is 4.13. The van der Waals surface area contributed by atoms with Crippen LogP contribution in [0.3, 0.4) is 0 Å². The molecule has 0 radical (unpaired) electrons. The van der Waals surface area contributed by atoms with E-state index in [1.165, 1.54) is 6.42 Å². The first kappa shape index (κ1) is 16.0. The average Bonchev–Trinajstić information content (AvgIpc) is 2.86. The van der Waals surface area contributed by atoms with Crippen LogP contribution < -0.4 is 9.47 Å². The molecular weight excluding hydrogens is 330 g/mol. The van der Waals surface area contributed by atoms with Crippen LogP contribution in [0.5, 0.6) is 11.5 Å². The summed E-state index contributed by atoms with van der Waals surface area (Å²) in [5.74, 6) is 1.12. The molecule has 0 bridgehead atoms. The van der Waals surface area contributed by atoms with Crippen LogP contribution in [-0.2, 0) is 4.74 Å². The van der Waals surface area contributed by atoms with E-state index in [0.29, 0.717) is 48.5 Å². The summed E-state index contributed by atoms with van der Waals surface area (Å²) in [5, 5.41) is 0.436. The highest BCUT2D eigenvalue weighted by Gasteiger charge is 2.37. The van der Waals surface area contributed by atoms with Crippen molar-refractivity contribution in [3.63, 3.8) is 0 Å². The van der Waals surface area contributed by atoms with Crippen LogP contribution in [0.2, 0.25) is 5.02 Å². The topological polar surface area (TPSA) is 48.0 Å². The highest BCUT2D eigenvalue weighted by molar-refractivity contribution is 6.32. The Kier molecular flexibility index (Phi) is 4.55. The highest BCUT2D eigenvalue weighted by atomic mass is 35.5. The Morgan fingerprint density at radius 3 is 2.83 bits per heavy atom. The number of carbonyl (C=O) groups excluding carboxylic acids is 1. The van der Waals surface area contributed by atoms with Crippen molar-refractivity contribution in [1.29, 1.82) is 0 Å². The minimum absolute atomic E-state index is 0.00717. The van der Waals surface area contributed by atoms with Crippen molar-refractivity contribution < 1.29 is 19.0 Å². The largest absolute Gasteiger partial charge is 0.489 e. The van der Waals surface area contributed by atoms with Gasteiger partial charge in [0.15, 0.2) is 11.5 Å². The quantitative estimate of drug-likeness (QED) is 0.779. The van der Waals surface area contributed by atoms with Gasteiger partial charge < -0.3 is 19.1 Å². The molecule has 5 nitrogen and oxygen atoms in total. The first-order chi connectivity index (χ1) is 11.7. The molecule has 24 heavy (non-hydrogen) atoms. The smallest absolute Gasteiger partial charge is 0.254 e. The number of benzene rings is 1. The van der Waals surface area contributed by atoms with Crippen molar-refractivity contribution >= 4 is 17.5 Å². The standard InChI is InChI=1S/C18H22ClNO4/c19-13-10-12(11-16-17(13)24-8-3-7-22-16)18(21)20-6-9-23-15-5-2-1-4-14(15)20/h10-11,14-15H,1-9H2/t14-,15+/m1/s1. The van der Waals surface area contributed by atoms with Crippen LogP contribution in [0.1, 0.15) is 42.5 Å². The monoisotopic (exact) mass is 351 g/mol. The summed E-state index contributed by atoms with van der Waals surface area (Å²) in [4.78, 5) is 15.1. The van der Waals surface area contributed by atoms with E-state index in [0.717, 1.165) is 25.7 Å². The van der Waals surface area contributed by atoms with Crippen LogP contribution in [0.15, 0.2) is 12.1 Å². The lowest BCUT2D eigenvalue weighted by molar-refractivity contribution is -0.0752. The molecular formula is C18H22ClNO4. The van der Waals surface area contributed by atoms with Crippen LogP contribution in [0.4, 0.5) is 0 Å². The first-order valence-corrected chi connectivity index (χ1v) is 9.13. The van der Waals surface area contributed by atoms with Gasteiger partial charge in [-0.25, -0.2) is 0 Å². The maximum Gasteiger partial charge on any atom is 0.254 e. The van der Waals surface area contributed by atoms with Crippen molar-refractivity contribution in [1.82, 2.24) is 4.90 Å². The van der Waals surface area contributed by atoms with Crippen molar-refractivity contribution in [2.75, 3.05) is 26.4 Å². The minimum Gasteiger partial charge on any atom is -0.489 e. The van der Waals surface area contributed by atoms with E-state index in [1.54, 1.807) is 12.1 Å². The molecule has 1 saturated carbocycles. The maximum absolute atomic E-state index is 13.1. The summed E-state index contributed by atoms with van der Waals surface area (Å²) in [5.41, 5.74) is 0.565. The van der Waals surface area contributed by atoms with Gasteiger partial charge in [-0.1, -0.05) is 24.4 Å². The Labute approximate surface area is 146 Å². The predicted octanol–water partition coefficient (Wildman–Crippen LogP) is 3.28. The SMILES string of the molecule is O=C(c1cc(Cl)c2c(c1)OCCCO2)N1CCO[C@H]2CCCC[C@H]21. The second kappa shape index (κ2) is 6.81. The summed E-state index contributed by atoms with van der Waals surface area (Å²) in [6, 6.07) is 3.64. The molecule has 2 fully saturated rings. The van der Waals surface area contributed by atoms with E-state index in [9.17, 15) is 4.79 Å². The van der Waals surface area contributed by atoms with Crippen LogP contribution in [0.25, 0.3) is 0 Å². The Morgan fingerprint density at radius 1 is 1.08 bits per heavy atom. The van der Waals surface area contributed by atoms with Gasteiger partial charge in [-0.15, -0.1) is 0 Å². The number of fused-ring (bicyclic) bond motifs is 2. The summed E-state index contributed by atoms with van der Waals surface area (Å²) in [6.07, 6.45) is 5.36. The molecule has 0 spiro atoms. The van der Waals surface area contributed by atoms with Crippen molar-refractivity contribution in [3.05, 3.63) is 22.7 Å². The second-order valence-corrected chi connectivity index (χ2v) is 7.00. The zero-order valence-electron chi connectivity index (χ0n) is 13.6. The van der Waals surface area contributed by atoms with Crippen molar-refractivity contribution in [3.8, 4) is 11.5 Å². The van der Waals surface area contributed by atoms with Crippen molar-refractivity contribution in [2.45, 2.75) is 44.2 Å². The molecule has 6 heteroatoms. The average molecular weight is 352 g/mol.